The van der Waals surface area contributed by atoms with Crippen LogP contribution in [-0.2, 0) is 57.6 Å². The Morgan fingerprint density at radius 1 is 0.720 bits per heavy atom. The molecule has 3 aromatic heterocycles. The molecule has 0 saturated heterocycles. The lowest BCUT2D eigenvalue weighted by molar-refractivity contribution is -0.671. The number of aryl methyl sites for hydroxylation is 2. The predicted octanol–water partition coefficient (Wildman–Crippen LogP) is 2.00. The van der Waals surface area contributed by atoms with Gasteiger partial charge in [0.25, 0.3) is 10.1 Å². The van der Waals surface area contributed by atoms with E-state index in [0.717, 1.165) is 45.5 Å². The van der Waals surface area contributed by atoms with Gasteiger partial charge >= 0.3 is 0 Å². The van der Waals surface area contributed by atoms with E-state index in [2.05, 4.69) is 80.7 Å². The lowest BCUT2D eigenvalue weighted by atomic mass is 9.95. The average molecular weight is 770 g/mol. The van der Waals surface area contributed by atoms with Gasteiger partial charge in [0, 0.05) is 43.8 Å². The second-order valence-electron chi connectivity index (χ2n) is 8.80. The van der Waals surface area contributed by atoms with E-state index in [1.807, 2.05) is 54.3 Å². The van der Waals surface area contributed by atoms with Crippen molar-refractivity contribution in [1.29, 1.82) is 0 Å². The molecule has 0 amide bonds. The number of aliphatic hydroxyl groups excluding tert-OH is 2. The minimum atomic E-state index is -4.41. The highest BCUT2D eigenvalue weighted by atomic mass is 32.3. The van der Waals surface area contributed by atoms with Crippen molar-refractivity contribution in [1.82, 2.24) is 4.98 Å². The van der Waals surface area contributed by atoms with Gasteiger partial charge in [0.15, 0.2) is 30.7 Å². The van der Waals surface area contributed by atoms with Gasteiger partial charge < -0.3 is 19.3 Å². The highest BCUT2D eigenvalue weighted by Gasteiger charge is 2.07. The van der Waals surface area contributed by atoms with Gasteiger partial charge in [-0.3, -0.25) is 17.5 Å². The quantitative estimate of drug-likeness (QED) is 0.137. The summed E-state index contributed by atoms with van der Waals surface area (Å²) >= 11 is 0. The van der Waals surface area contributed by atoms with E-state index in [0.29, 0.717) is 0 Å². The summed E-state index contributed by atoms with van der Waals surface area (Å²) in [5.74, 6) is -0.213. The third kappa shape index (κ3) is 35.8. The summed E-state index contributed by atoms with van der Waals surface area (Å²) < 4.78 is 89.7. The van der Waals surface area contributed by atoms with Gasteiger partial charge in [0.2, 0.25) is 20.8 Å². The molecule has 19 heteroatoms. The summed E-state index contributed by atoms with van der Waals surface area (Å²) in [5.41, 5.74) is 3.74. The topological polar surface area (TPSA) is 237 Å². The molecule has 0 bridgehead atoms. The van der Waals surface area contributed by atoms with Crippen LogP contribution in [0.5, 0.6) is 0 Å². The zero-order valence-electron chi connectivity index (χ0n) is 29.6. The summed E-state index contributed by atoms with van der Waals surface area (Å²) in [7, 11) is -4.77. The van der Waals surface area contributed by atoms with Crippen molar-refractivity contribution in [3.63, 3.8) is 0 Å². The summed E-state index contributed by atoms with van der Waals surface area (Å²) in [6.45, 7) is 11.8. The number of hydrogen-bond acceptors (Lipinski definition) is 14. The summed E-state index contributed by atoms with van der Waals surface area (Å²) in [5, 5.41) is 14.9. The molecule has 0 saturated carbocycles. The molecule has 3 rings (SSSR count). The van der Waals surface area contributed by atoms with Crippen LogP contribution in [0.4, 0.5) is 0 Å². The van der Waals surface area contributed by atoms with E-state index >= 15 is 0 Å². The molecule has 0 atom stereocenters. The van der Waals surface area contributed by atoms with Crippen LogP contribution in [0.3, 0.4) is 0 Å². The number of nitrogens with zero attached hydrogens (tertiary/aromatic N) is 3. The van der Waals surface area contributed by atoms with Crippen molar-refractivity contribution in [3.05, 3.63) is 103 Å². The second-order valence-corrected chi connectivity index (χ2v) is 12.8. The lowest BCUT2D eigenvalue weighted by Crippen LogP contribution is -2.26. The molecule has 16 nitrogen and oxygen atoms in total. The average Bonchev–Trinajstić information content (AvgIpc) is 3.12. The van der Waals surface area contributed by atoms with Crippen LogP contribution in [-0.4, -0.2) is 83.9 Å². The van der Waals surface area contributed by atoms with Crippen LogP contribution < -0.4 is 9.13 Å². The molecule has 3 heterocycles. The number of pyridine rings is 3. The van der Waals surface area contributed by atoms with E-state index in [4.69, 9.17) is 10.2 Å². The zero-order chi connectivity index (χ0) is 39.8. The fraction of sp³-hybridized carbons (Fsp3) is 0.387. The summed E-state index contributed by atoms with van der Waals surface area (Å²) in [6, 6.07) is 12.3. The van der Waals surface area contributed by atoms with Crippen molar-refractivity contribution in [2.75, 3.05) is 34.4 Å². The van der Waals surface area contributed by atoms with Crippen LogP contribution in [0, 0.1) is 0 Å². The highest BCUT2D eigenvalue weighted by molar-refractivity contribution is 7.86. The Bertz CT molecular complexity index is 1540. The molecule has 0 radical (unpaired) electrons. The molecule has 0 aliphatic rings. The van der Waals surface area contributed by atoms with Crippen molar-refractivity contribution in [2.45, 2.75) is 32.6 Å². The molecule has 0 aliphatic heterocycles. The van der Waals surface area contributed by atoms with E-state index in [1.54, 1.807) is 18.5 Å². The van der Waals surface area contributed by atoms with Gasteiger partial charge in [-0.1, -0.05) is 39.2 Å². The Labute approximate surface area is 298 Å². The van der Waals surface area contributed by atoms with Crippen molar-refractivity contribution in [3.8, 4) is 0 Å². The molecule has 286 valence electrons. The smallest absolute Gasteiger partial charge is 0.291 e. The van der Waals surface area contributed by atoms with E-state index in [-0.39, 0.29) is 0 Å². The predicted molar refractivity (Wildman–Crippen MR) is 188 cm³/mol. The minimum absolute atomic E-state index is 0.742. The third-order valence-electron chi connectivity index (χ3n) is 5.46. The van der Waals surface area contributed by atoms with Crippen molar-refractivity contribution < 1.29 is 66.3 Å². The zero-order valence-corrected chi connectivity index (χ0v) is 32.1. The first-order valence-corrected chi connectivity index (χ1v) is 18.4. The van der Waals surface area contributed by atoms with Crippen LogP contribution in [0.15, 0.2) is 86.7 Å². The number of rotatable bonds is 9. The summed E-state index contributed by atoms with van der Waals surface area (Å²) in [6.07, 6.45) is 17.8. The molecule has 50 heavy (non-hydrogen) atoms. The van der Waals surface area contributed by atoms with E-state index < -0.39 is 36.9 Å². The Hall–Kier alpha value is -3.50. The molecule has 0 spiro atoms. The first-order chi connectivity index (χ1) is 23.3. The SMILES string of the molecule is C=Cc1cc[n+](C)cc1.C=Cc1ccncc1.CCC(CC)c1cc[n+](C)cc1.CO.COS(=O)(=O)CO.COS(=O)(=O)[O-].COS(=O)(=O)[O-]. The van der Waals surface area contributed by atoms with Gasteiger partial charge in [0.05, 0.1) is 21.3 Å². The Morgan fingerprint density at radius 2 is 1.04 bits per heavy atom. The normalized spacial score (nSPS) is 10.1. The molecular weight excluding hydrogens is 719 g/mol. The van der Waals surface area contributed by atoms with Crippen LogP contribution in [0.1, 0.15) is 49.3 Å². The van der Waals surface area contributed by atoms with Crippen LogP contribution in [0.25, 0.3) is 12.2 Å². The van der Waals surface area contributed by atoms with Gasteiger partial charge in [-0.05, 0) is 47.6 Å². The largest absolute Gasteiger partial charge is 0.726 e. The molecule has 0 unspecified atom stereocenters. The number of aromatic nitrogens is 3. The molecule has 0 fully saturated rings. The van der Waals surface area contributed by atoms with Gasteiger partial charge in [0.1, 0.15) is 14.1 Å². The standard InChI is InChI=1S/C11H18N.C8H10N.C7H7N.C2H6O4S.2CH4O4S.CH4O/c1-4-10(5-2)11-6-8-12(3)9-7-11;1-3-8-4-6-9(2)7-5-8;1-2-7-3-5-8-6-4-7;1-6-7(4,5)2-3;2*1-5-6(2,3)4;1-2/h6-10H,4-5H2,1-3H3;3-7H,1H2,2H3;2-6H,1H2;3H,2H2,1H3;2*1H3,(H,2,3,4);2H,1H3/q2*+1;;;;;/p-2. The highest BCUT2D eigenvalue weighted by Crippen LogP contribution is 2.21. The molecule has 0 aromatic carbocycles. The van der Waals surface area contributed by atoms with Crippen LogP contribution in [0.2, 0.25) is 0 Å². The fourth-order valence-corrected chi connectivity index (χ4v) is 2.85. The van der Waals surface area contributed by atoms with Crippen LogP contribution >= 0.6 is 0 Å². The van der Waals surface area contributed by atoms with Gasteiger partial charge in [-0.25, -0.2) is 26.0 Å². The third-order valence-corrected chi connectivity index (χ3v) is 7.10. The molecule has 0 aliphatic carbocycles. The molecular formula is C31H51N3O13S3. The van der Waals surface area contributed by atoms with E-state index in [9.17, 15) is 34.4 Å². The number of aliphatic hydroxyl groups is 2. The maximum Gasteiger partial charge on any atom is 0.291 e. The monoisotopic (exact) mass is 769 g/mol. The van der Waals surface area contributed by atoms with Gasteiger partial charge in [-0.15, -0.1) is 0 Å². The fourth-order valence-electron chi connectivity index (χ4n) is 2.75. The van der Waals surface area contributed by atoms with Gasteiger partial charge in [-0.2, -0.15) is 8.42 Å². The Balaban J connectivity index is -0.000000256. The molecule has 3 aromatic rings. The molecule has 2 N–H and O–H groups in total. The second kappa shape index (κ2) is 31.5. The minimum Gasteiger partial charge on any atom is -0.726 e. The maximum absolute atomic E-state index is 9.90. The first-order valence-electron chi connectivity index (χ1n) is 14.2. The Kier molecular flexibility index (Phi) is 33.6. The van der Waals surface area contributed by atoms with Crippen molar-refractivity contribution in [2.24, 2.45) is 14.1 Å². The number of hydrogen-bond donors (Lipinski definition) is 2. The van der Waals surface area contributed by atoms with Crippen molar-refractivity contribution >= 4 is 43.1 Å². The summed E-state index contributed by atoms with van der Waals surface area (Å²) in [4.78, 5) is 3.85. The lowest BCUT2D eigenvalue weighted by Gasteiger charge is -2.10. The first kappa shape index (κ1) is 53.3. The Morgan fingerprint density at radius 3 is 1.26 bits per heavy atom. The van der Waals surface area contributed by atoms with E-state index in [1.165, 1.54) is 18.4 Å². The maximum atomic E-state index is 9.90.